The van der Waals surface area contributed by atoms with E-state index in [0.29, 0.717) is 33.9 Å². The summed E-state index contributed by atoms with van der Waals surface area (Å²) in [5.74, 6) is 3.16. The second-order valence-corrected chi connectivity index (χ2v) is 10.3. The number of methoxy groups -OCH3 is 1. The normalized spacial score (nSPS) is 11.5. The molecule has 0 aliphatic heterocycles. The average molecular weight is 550 g/mol. The first-order valence-electron chi connectivity index (χ1n) is 12.5. The maximum absolute atomic E-state index is 5.84. The summed E-state index contributed by atoms with van der Waals surface area (Å²) < 4.78 is 16.8. The van der Waals surface area contributed by atoms with Crippen LogP contribution in [0.15, 0.2) is 63.9 Å². The zero-order valence-corrected chi connectivity index (χ0v) is 22.9. The van der Waals surface area contributed by atoms with Crippen molar-refractivity contribution in [2.45, 2.75) is 20.8 Å². The van der Waals surface area contributed by atoms with Crippen LogP contribution in [-0.4, -0.2) is 37.2 Å². The Bertz CT molecular complexity index is 1990. The molecule has 0 unspecified atom stereocenters. The van der Waals surface area contributed by atoms with Gasteiger partial charge in [-0.1, -0.05) is 46.8 Å². The van der Waals surface area contributed by atoms with E-state index >= 15 is 0 Å². The lowest BCUT2D eigenvalue weighted by atomic mass is 10.0. The van der Waals surface area contributed by atoms with Gasteiger partial charge >= 0.3 is 0 Å². The van der Waals surface area contributed by atoms with Crippen LogP contribution in [0.2, 0.25) is 0 Å². The molecule has 0 saturated carbocycles. The van der Waals surface area contributed by atoms with Gasteiger partial charge in [0, 0.05) is 22.0 Å². The summed E-state index contributed by atoms with van der Waals surface area (Å²) in [7, 11) is 1.66. The minimum atomic E-state index is 0.461. The number of nitrogens with zero attached hydrogens (tertiary/aromatic N) is 5. The number of aromatic nitrogens is 6. The number of oxazole rings is 1. The summed E-state index contributed by atoms with van der Waals surface area (Å²) in [4.78, 5) is 22.2. The molecule has 0 spiro atoms. The Morgan fingerprint density at radius 2 is 1.88 bits per heavy atom. The van der Waals surface area contributed by atoms with E-state index in [2.05, 4.69) is 20.4 Å². The molecule has 0 radical (unpaired) electrons. The van der Waals surface area contributed by atoms with Gasteiger partial charge in [-0.3, -0.25) is 0 Å². The zero-order valence-electron chi connectivity index (χ0n) is 22.1. The van der Waals surface area contributed by atoms with Gasteiger partial charge in [-0.25, -0.2) is 19.9 Å². The van der Waals surface area contributed by atoms with Gasteiger partial charge in [-0.05, 0) is 32.9 Å². The monoisotopic (exact) mass is 549 g/mol. The lowest BCUT2D eigenvalue weighted by molar-refractivity contribution is 0.393. The molecule has 40 heavy (non-hydrogen) atoms. The van der Waals surface area contributed by atoms with Gasteiger partial charge in [0.05, 0.1) is 30.0 Å². The first-order chi connectivity index (χ1) is 19.5. The Morgan fingerprint density at radius 1 is 1.02 bits per heavy atom. The van der Waals surface area contributed by atoms with E-state index in [1.54, 1.807) is 19.6 Å². The molecule has 198 valence electrons. The van der Waals surface area contributed by atoms with Crippen molar-refractivity contribution in [2.24, 2.45) is 0 Å². The van der Waals surface area contributed by atoms with Gasteiger partial charge in [-0.2, -0.15) is 0 Å². The molecular weight excluding hydrogens is 526 g/mol. The lowest BCUT2D eigenvalue weighted by Gasteiger charge is -2.10. The quantitative estimate of drug-likeness (QED) is 0.221. The third-order valence-corrected chi connectivity index (χ3v) is 7.67. The summed E-state index contributed by atoms with van der Waals surface area (Å²) in [6.45, 7) is 5.69. The molecule has 0 saturated heterocycles. The van der Waals surface area contributed by atoms with E-state index in [-0.39, 0.29) is 0 Å². The van der Waals surface area contributed by atoms with E-state index in [1.807, 2.05) is 63.2 Å². The standard InChI is InChI=1S/C29H23N7O3S/c1-14-22(15(2)39-36-14)19-12-20-18(13-21(19)37-4)23-25(33-20)31-16(3)32-26(23)35-28-24(17-8-6-5-7-9-17)34-29(40-28)27-30-10-11-38-27/h5-13H,1-4H3,(H2,31,32,33,35). The van der Waals surface area contributed by atoms with Crippen LogP contribution >= 0.6 is 11.3 Å². The Balaban J connectivity index is 1.42. The molecule has 5 heterocycles. The smallest absolute Gasteiger partial charge is 0.255 e. The highest BCUT2D eigenvalue weighted by molar-refractivity contribution is 7.19. The predicted octanol–water partition coefficient (Wildman–Crippen LogP) is 7.22. The van der Waals surface area contributed by atoms with Gasteiger partial charge < -0.3 is 24.0 Å². The van der Waals surface area contributed by atoms with E-state index < -0.39 is 0 Å². The minimum Gasteiger partial charge on any atom is -0.496 e. The second kappa shape index (κ2) is 9.31. The van der Waals surface area contributed by atoms with E-state index in [0.717, 1.165) is 55.1 Å². The lowest BCUT2D eigenvalue weighted by Crippen LogP contribution is -1.98. The fraction of sp³-hybridized carbons (Fsp3) is 0.138. The van der Waals surface area contributed by atoms with Crippen LogP contribution in [0, 0.1) is 20.8 Å². The fourth-order valence-corrected chi connectivity index (χ4v) is 5.91. The zero-order chi connectivity index (χ0) is 27.4. The van der Waals surface area contributed by atoms with Crippen molar-refractivity contribution >= 4 is 44.1 Å². The second-order valence-electron chi connectivity index (χ2n) is 9.29. The number of benzene rings is 2. The Labute approximate surface area is 232 Å². The molecule has 2 N–H and O–H groups in total. The number of hydrogen-bond acceptors (Lipinski definition) is 10. The van der Waals surface area contributed by atoms with Gasteiger partial charge in [0.25, 0.3) is 5.89 Å². The molecule has 0 aliphatic rings. The molecule has 0 atom stereocenters. The average Bonchev–Trinajstić information content (AvgIpc) is 3.74. The predicted molar refractivity (Wildman–Crippen MR) is 154 cm³/mol. The van der Waals surface area contributed by atoms with Crippen LogP contribution in [0.25, 0.3) is 55.2 Å². The molecule has 2 aromatic carbocycles. The van der Waals surface area contributed by atoms with Crippen LogP contribution in [-0.2, 0) is 0 Å². The van der Waals surface area contributed by atoms with Crippen LogP contribution in [0.5, 0.6) is 5.75 Å². The van der Waals surface area contributed by atoms with Crippen LogP contribution in [0.4, 0.5) is 10.8 Å². The Hall–Kier alpha value is -5.03. The van der Waals surface area contributed by atoms with Gasteiger partial charge in [0.1, 0.15) is 45.8 Å². The number of anilines is 2. The van der Waals surface area contributed by atoms with Crippen molar-refractivity contribution < 1.29 is 13.7 Å². The van der Waals surface area contributed by atoms with Gasteiger partial charge in [0.2, 0.25) is 0 Å². The molecule has 0 amide bonds. The minimum absolute atomic E-state index is 0.461. The SMILES string of the molecule is COc1cc2c(cc1-c1c(C)noc1C)[nH]c1nc(C)nc(Nc3sc(-c4ncco4)nc3-c3ccccc3)c12. The number of thiazole rings is 1. The van der Waals surface area contributed by atoms with Crippen molar-refractivity contribution in [2.75, 3.05) is 12.4 Å². The Morgan fingerprint density at radius 3 is 2.60 bits per heavy atom. The van der Waals surface area contributed by atoms with E-state index in [1.165, 1.54) is 11.3 Å². The highest BCUT2D eigenvalue weighted by Gasteiger charge is 2.23. The molecule has 0 aliphatic carbocycles. The summed E-state index contributed by atoms with van der Waals surface area (Å²) >= 11 is 1.45. The van der Waals surface area contributed by atoms with Crippen molar-refractivity contribution in [1.82, 2.24) is 30.1 Å². The molecule has 7 aromatic rings. The molecule has 11 heteroatoms. The maximum atomic E-state index is 5.84. The summed E-state index contributed by atoms with van der Waals surface area (Å²) in [5.41, 5.74) is 5.94. The number of nitrogens with one attached hydrogen (secondary N) is 2. The number of aryl methyl sites for hydroxylation is 3. The largest absolute Gasteiger partial charge is 0.496 e. The van der Waals surface area contributed by atoms with E-state index in [9.17, 15) is 0 Å². The molecule has 10 nitrogen and oxygen atoms in total. The van der Waals surface area contributed by atoms with Gasteiger partial charge in [-0.15, -0.1) is 0 Å². The van der Waals surface area contributed by atoms with Crippen LogP contribution < -0.4 is 10.1 Å². The number of fused-ring (bicyclic) bond motifs is 3. The molecule has 7 rings (SSSR count). The topological polar surface area (TPSA) is 128 Å². The summed E-state index contributed by atoms with van der Waals surface area (Å²) in [6.07, 6.45) is 3.15. The van der Waals surface area contributed by atoms with Crippen molar-refractivity contribution in [3.63, 3.8) is 0 Å². The van der Waals surface area contributed by atoms with Crippen LogP contribution in [0.1, 0.15) is 17.3 Å². The summed E-state index contributed by atoms with van der Waals surface area (Å²) in [5, 5.41) is 10.9. The number of H-pyrrole nitrogens is 1. The third-order valence-electron chi connectivity index (χ3n) is 6.71. The Kier molecular flexibility index (Phi) is 5.60. The van der Waals surface area contributed by atoms with Crippen molar-refractivity contribution in [3.05, 3.63) is 72.2 Å². The van der Waals surface area contributed by atoms with Crippen LogP contribution in [0.3, 0.4) is 0 Å². The molecule has 0 bridgehead atoms. The van der Waals surface area contributed by atoms with E-state index in [4.69, 9.17) is 28.6 Å². The molecular formula is C29H23N7O3S. The fourth-order valence-electron chi connectivity index (χ4n) is 4.98. The number of hydrogen-bond donors (Lipinski definition) is 2. The first-order valence-corrected chi connectivity index (χ1v) is 13.4. The maximum Gasteiger partial charge on any atom is 0.255 e. The first kappa shape index (κ1) is 24.0. The molecule has 5 aromatic heterocycles. The van der Waals surface area contributed by atoms with Crippen molar-refractivity contribution in [1.29, 1.82) is 0 Å². The molecule has 0 fully saturated rings. The highest BCUT2D eigenvalue weighted by atomic mass is 32.1. The number of aromatic amines is 1. The highest BCUT2D eigenvalue weighted by Crippen LogP contribution is 2.43. The van der Waals surface area contributed by atoms with Gasteiger partial charge in [0.15, 0.2) is 5.01 Å². The van der Waals surface area contributed by atoms with Crippen molar-refractivity contribution in [3.8, 4) is 39.0 Å². The number of ether oxygens (including phenoxy) is 1. The number of rotatable bonds is 6. The third kappa shape index (κ3) is 3.90. The summed E-state index contributed by atoms with van der Waals surface area (Å²) in [6, 6.07) is 14.0.